The summed E-state index contributed by atoms with van der Waals surface area (Å²) in [7, 11) is 0. The van der Waals surface area contributed by atoms with Gasteiger partial charge in [-0.3, -0.25) is 0 Å². The maximum Gasteiger partial charge on any atom is 0.332 e. The molecule has 0 saturated carbocycles. The normalized spacial score (nSPS) is 24.6. The first-order chi connectivity index (χ1) is 6.66. The van der Waals surface area contributed by atoms with Gasteiger partial charge < -0.3 is 9.84 Å². The second kappa shape index (κ2) is 4.79. The molecule has 0 spiro atoms. The van der Waals surface area contributed by atoms with Crippen LogP contribution in [-0.2, 0) is 9.53 Å². The van der Waals surface area contributed by atoms with Gasteiger partial charge in [-0.05, 0) is 18.4 Å². The van der Waals surface area contributed by atoms with E-state index in [1.165, 1.54) is 6.40 Å². The predicted molar refractivity (Wildman–Crippen MR) is 53.5 cm³/mol. The van der Waals surface area contributed by atoms with Gasteiger partial charge >= 0.3 is 5.97 Å². The fourth-order valence-electron chi connectivity index (χ4n) is 1.38. The minimum atomic E-state index is -0.957. The van der Waals surface area contributed by atoms with E-state index in [0.29, 0.717) is 0 Å². The van der Waals surface area contributed by atoms with Gasteiger partial charge in [0.1, 0.15) is 0 Å². The Hall–Kier alpha value is -1.32. The molecule has 0 bridgehead atoms. The van der Waals surface area contributed by atoms with Crippen molar-refractivity contribution in [3.8, 4) is 0 Å². The van der Waals surface area contributed by atoms with E-state index in [9.17, 15) is 4.79 Å². The number of carboxylic acid groups (broad SMARTS) is 1. The van der Waals surface area contributed by atoms with Gasteiger partial charge in [-0.25, -0.2) is 9.79 Å². The molecule has 0 aliphatic carbocycles. The molecule has 0 aromatic carbocycles. The van der Waals surface area contributed by atoms with Gasteiger partial charge in [0.05, 0.1) is 0 Å². The van der Waals surface area contributed by atoms with E-state index in [1.807, 2.05) is 0 Å². The lowest BCUT2D eigenvalue weighted by molar-refractivity contribution is -0.139. The van der Waals surface area contributed by atoms with Gasteiger partial charge in [0.2, 0.25) is 0 Å². The van der Waals surface area contributed by atoms with E-state index < -0.39 is 18.1 Å². The number of hydrogen-bond donors (Lipinski definition) is 1. The van der Waals surface area contributed by atoms with Crippen molar-refractivity contribution in [2.24, 2.45) is 4.99 Å². The Morgan fingerprint density at radius 2 is 2.43 bits per heavy atom. The zero-order valence-electron chi connectivity index (χ0n) is 8.27. The predicted octanol–water partition coefficient (Wildman–Crippen LogP) is 1.61. The Morgan fingerprint density at radius 3 is 3.00 bits per heavy atom. The molecule has 1 rings (SSSR count). The smallest absolute Gasteiger partial charge is 0.332 e. The number of ether oxygens (including phenoxy) is 1. The van der Waals surface area contributed by atoms with Gasteiger partial charge in [0.15, 0.2) is 18.5 Å². The number of carbonyl (C=O) groups is 1. The molecule has 4 heteroatoms. The largest absolute Gasteiger partial charge is 0.480 e. The summed E-state index contributed by atoms with van der Waals surface area (Å²) in [5.41, 5.74) is 0.816. The molecule has 0 fully saturated rings. The molecule has 78 valence electrons. The molecule has 14 heavy (non-hydrogen) atoms. The zero-order valence-corrected chi connectivity index (χ0v) is 8.27. The Labute approximate surface area is 83.3 Å². The summed E-state index contributed by atoms with van der Waals surface area (Å²) in [6.07, 6.45) is 3.60. The first-order valence-electron chi connectivity index (χ1n) is 4.74. The third-order valence-electron chi connectivity index (χ3n) is 2.22. The Morgan fingerprint density at radius 1 is 1.71 bits per heavy atom. The van der Waals surface area contributed by atoms with Crippen LogP contribution >= 0.6 is 0 Å². The summed E-state index contributed by atoms with van der Waals surface area (Å²) in [5, 5.41) is 8.82. The van der Waals surface area contributed by atoms with E-state index in [0.717, 1.165) is 24.8 Å². The first kappa shape index (κ1) is 10.8. The summed E-state index contributed by atoms with van der Waals surface area (Å²) in [4.78, 5) is 14.5. The Bertz CT molecular complexity index is 260. The zero-order chi connectivity index (χ0) is 10.6. The van der Waals surface area contributed by atoms with Crippen molar-refractivity contribution in [3.63, 3.8) is 0 Å². The molecule has 0 radical (unpaired) electrons. The maximum absolute atomic E-state index is 10.8. The van der Waals surface area contributed by atoms with Gasteiger partial charge in [-0.2, -0.15) is 0 Å². The van der Waals surface area contributed by atoms with Crippen LogP contribution in [-0.4, -0.2) is 29.6 Å². The van der Waals surface area contributed by atoms with Crippen LogP contribution in [0, 0.1) is 0 Å². The van der Waals surface area contributed by atoms with Crippen molar-refractivity contribution in [1.29, 1.82) is 0 Å². The third kappa shape index (κ3) is 2.34. The van der Waals surface area contributed by atoms with Crippen molar-refractivity contribution in [3.05, 3.63) is 12.2 Å². The summed E-state index contributed by atoms with van der Waals surface area (Å²) in [5.74, 6) is -0.957. The number of aliphatic carboxylic acids is 1. The summed E-state index contributed by atoms with van der Waals surface area (Å²) < 4.78 is 5.11. The van der Waals surface area contributed by atoms with Crippen LogP contribution in [0.1, 0.15) is 26.2 Å². The molecule has 4 nitrogen and oxygen atoms in total. The van der Waals surface area contributed by atoms with Crippen molar-refractivity contribution in [2.75, 3.05) is 0 Å². The van der Waals surface area contributed by atoms with E-state index >= 15 is 0 Å². The minimum Gasteiger partial charge on any atom is -0.480 e. The average molecular weight is 197 g/mol. The third-order valence-corrected chi connectivity index (χ3v) is 2.22. The highest BCUT2D eigenvalue weighted by molar-refractivity contribution is 5.78. The van der Waals surface area contributed by atoms with E-state index in [-0.39, 0.29) is 0 Å². The van der Waals surface area contributed by atoms with Gasteiger partial charge in [-0.1, -0.05) is 19.9 Å². The van der Waals surface area contributed by atoms with Crippen molar-refractivity contribution in [1.82, 2.24) is 0 Å². The van der Waals surface area contributed by atoms with Crippen LogP contribution in [0.4, 0.5) is 0 Å². The average Bonchev–Trinajstić information content (AvgIpc) is 2.62. The molecule has 1 aliphatic heterocycles. The van der Waals surface area contributed by atoms with Crippen molar-refractivity contribution >= 4 is 12.4 Å². The maximum atomic E-state index is 10.8. The monoisotopic (exact) mass is 197 g/mol. The number of rotatable bonds is 5. The SMILES string of the molecule is C=C(CCCC)C1OC=NC1C(=O)O. The molecule has 1 heterocycles. The number of hydrogen-bond acceptors (Lipinski definition) is 3. The minimum absolute atomic E-state index is 0.473. The standard InChI is InChI=1S/C10H15NO3/c1-3-4-5-7(2)9-8(10(12)13)11-6-14-9/h6,8-9H,2-5H2,1H3,(H,12,13). The number of aliphatic imine (C=N–C) groups is 1. The quantitative estimate of drug-likeness (QED) is 0.681. The highest BCUT2D eigenvalue weighted by atomic mass is 16.5. The number of unbranched alkanes of at least 4 members (excludes halogenated alkanes) is 1. The molecule has 0 aromatic heterocycles. The first-order valence-corrected chi connectivity index (χ1v) is 4.74. The van der Waals surface area contributed by atoms with Crippen molar-refractivity contribution in [2.45, 2.75) is 38.3 Å². The summed E-state index contributed by atoms with van der Waals surface area (Å²) >= 11 is 0. The molecule has 1 N–H and O–H groups in total. The molecule has 1 aliphatic rings. The van der Waals surface area contributed by atoms with Crippen LogP contribution in [0.15, 0.2) is 17.1 Å². The lowest BCUT2D eigenvalue weighted by Gasteiger charge is -2.16. The summed E-state index contributed by atoms with van der Waals surface area (Å²) in [6, 6.07) is -0.806. The molecule has 0 saturated heterocycles. The topological polar surface area (TPSA) is 58.9 Å². The van der Waals surface area contributed by atoms with Crippen LogP contribution in [0.5, 0.6) is 0 Å². The fraction of sp³-hybridized carbons (Fsp3) is 0.600. The summed E-state index contributed by atoms with van der Waals surface area (Å²) in [6.45, 7) is 5.92. The highest BCUT2D eigenvalue weighted by Crippen LogP contribution is 2.21. The van der Waals surface area contributed by atoms with E-state index in [4.69, 9.17) is 9.84 Å². The highest BCUT2D eigenvalue weighted by Gasteiger charge is 2.33. The second-order valence-electron chi connectivity index (χ2n) is 3.36. The van der Waals surface area contributed by atoms with Crippen molar-refractivity contribution < 1.29 is 14.6 Å². The number of nitrogens with zero attached hydrogens (tertiary/aromatic N) is 1. The fourth-order valence-corrected chi connectivity index (χ4v) is 1.38. The Balaban J connectivity index is 2.51. The van der Waals surface area contributed by atoms with E-state index in [1.54, 1.807) is 0 Å². The molecule has 2 unspecified atom stereocenters. The van der Waals surface area contributed by atoms with Gasteiger partial charge in [0.25, 0.3) is 0 Å². The van der Waals surface area contributed by atoms with Gasteiger partial charge in [-0.15, -0.1) is 0 Å². The van der Waals surface area contributed by atoms with Crippen LogP contribution in [0.25, 0.3) is 0 Å². The van der Waals surface area contributed by atoms with Gasteiger partial charge in [0, 0.05) is 0 Å². The second-order valence-corrected chi connectivity index (χ2v) is 3.36. The van der Waals surface area contributed by atoms with Crippen LogP contribution in [0.2, 0.25) is 0 Å². The molecule has 0 aromatic rings. The lowest BCUT2D eigenvalue weighted by Crippen LogP contribution is -2.31. The molecule has 2 atom stereocenters. The lowest BCUT2D eigenvalue weighted by atomic mass is 10.00. The molecular formula is C10H15NO3. The van der Waals surface area contributed by atoms with Crippen LogP contribution < -0.4 is 0 Å². The number of carboxylic acids is 1. The molecular weight excluding hydrogens is 182 g/mol. The Kier molecular flexibility index (Phi) is 3.68. The van der Waals surface area contributed by atoms with Crippen LogP contribution in [0.3, 0.4) is 0 Å². The van der Waals surface area contributed by atoms with E-state index in [2.05, 4.69) is 18.5 Å². The molecule has 0 amide bonds.